The Kier molecular flexibility index (Phi) is 2.43. The van der Waals surface area contributed by atoms with Crippen molar-refractivity contribution in [1.29, 1.82) is 0 Å². The Labute approximate surface area is 104 Å². The maximum atomic E-state index is 11.9. The average molecular weight is 246 g/mol. The van der Waals surface area contributed by atoms with Gasteiger partial charge in [-0.25, -0.2) is 4.79 Å². The van der Waals surface area contributed by atoms with Crippen molar-refractivity contribution in [2.75, 3.05) is 6.61 Å². The topological polar surface area (TPSA) is 72.8 Å². The van der Waals surface area contributed by atoms with Crippen molar-refractivity contribution in [3.63, 3.8) is 0 Å². The molecule has 2 aromatic rings. The van der Waals surface area contributed by atoms with E-state index in [1.807, 2.05) is 7.05 Å². The molecule has 1 N–H and O–H groups in total. The van der Waals surface area contributed by atoms with Crippen LogP contribution in [0.4, 0.5) is 0 Å². The zero-order valence-electron chi connectivity index (χ0n) is 10.4. The Hall–Kier alpha value is -2.11. The van der Waals surface area contributed by atoms with Crippen LogP contribution in [-0.2, 0) is 24.6 Å². The number of ether oxygens (including phenoxy) is 1. The van der Waals surface area contributed by atoms with E-state index < -0.39 is 0 Å². The first kappa shape index (κ1) is 11.0. The quantitative estimate of drug-likeness (QED) is 0.805. The fourth-order valence-corrected chi connectivity index (χ4v) is 2.42. The molecule has 0 bridgehead atoms. The molecule has 2 aromatic heterocycles. The molecule has 0 aliphatic heterocycles. The molecule has 0 saturated carbocycles. The molecule has 0 radical (unpaired) electrons. The molecule has 0 unspecified atom stereocenters. The number of nitrogens with zero attached hydrogens (tertiary/aromatic N) is 3. The smallest absolute Gasteiger partial charge is 0.359 e. The number of aromatic nitrogens is 4. The molecule has 3 rings (SSSR count). The summed E-state index contributed by atoms with van der Waals surface area (Å²) >= 11 is 0. The molecule has 0 fully saturated rings. The zero-order chi connectivity index (χ0) is 12.7. The third-order valence-corrected chi connectivity index (χ3v) is 3.23. The Morgan fingerprint density at radius 3 is 3.17 bits per heavy atom. The van der Waals surface area contributed by atoms with E-state index in [2.05, 4.69) is 15.3 Å². The summed E-state index contributed by atoms with van der Waals surface area (Å²) in [5.41, 5.74) is 4.29. The summed E-state index contributed by atoms with van der Waals surface area (Å²) in [4.78, 5) is 11.9. The molecular weight excluding hydrogens is 232 g/mol. The van der Waals surface area contributed by atoms with Crippen LogP contribution in [0.25, 0.3) is 11.3 Å². The summed E-state index contributed by atoms with van der Waals surface area (Å²) < 4.78 is 6.81. The lowest BCUT2D eigenvalue weighted by molar-refractivity contribution is 0.0519. The molecule has 2 heterocycles. The highest BCUT2D eigenvalue weighted by atomic mass is 16.5. The van der Waals surface area contributed by atoms with E-state index in [0.717, 1.165) is 35.4 Å². The van der Waals surface area contributed by atoms with Gasteiger partial charge < -0.3 is 4.74 Å². The van der Waals surface area contributed by atoms with Crippen molar-refractivity contribution in [3.8, 4) is 11.3 Å². The number of H-pyrrole nitrogens is 1. The van der Waals surface area contributed by atoms with Gasteiger partial charge in [-0.15, -0.1) is 0 Å². The van der Waals surface area contributed by atoms with E-state index in [4.69, 9.17) is 4.74 Å². The van der Waals surface area contributed by atoms with Crippen LogP contribution in [0.5, 0.6) is 0 Å². The van der Waals surface area contributed by atoms with Crippen molar-refractivity contribution in [1.82, 2.24) is 20.0 Å². The van der Waals surface area contributed by atoms with Gasteiger partial charge >= 0.3 is 5.97 Å². The van der Waals surface area contributed by atoms with E-state index in [0.29, 0.717) is 12.3 Å². The summed E-state index contributed by atoms with van der Waals surface area (Å²) in [5, 5.41) is 11.3. The second-order valence-corrected chi connectivity index (χ2v) is 4.28. The lowest BCUT2D eigenvalue weighted by Crippen LogP contribution is -2.09. The van der Waals surface area contributed by atoms with Crippen LogP contribution >= 0.6 is 0 Å². The second-order valence-electron chi connectivity index (χ2n) is 4.28. The van der Waals surface area contributed by atoms with E-state index in [1.54, 1.807) is 17.8 Å². The third kappa shape index (κ3) is 1.45. The van der Waals surface area contributed by atoms with Gasteiger partial charge in [-0.2, -0.15) is 10.2 Å². The van der Waals surface area contributed by atoms with E-state index >= 15 is 0 Å². The number of carbonyl (C=O) groups excluding carboxylic acids is 1. The third-order valence-electron chi connectivity index (χ3n) is 3.23. The summed E-state index contributed by atoms with van der Waals surface area (Å²) in [6.45, 7) is 2.13. The van der Waals surface area contributed by atoms with Crippen LogP contribution in [0.3, 0.4) is 0 Å². The Morgan fingerprint density at radius 2 is 2.39 bits per heavy atom. The minimum absolute atomic E-state index is 0.347. The molecule has 6 nitrogen and oxygen atoms in total. The Balaban J connectivity index is 2.17. The highest BCUT2D eigenvalue weighted by Gasteiger charge is 2.29. The minimum atomic E-state index is -0.378. The van der Waals surface area contributed by atoms with Gasteiger partial charge in [0.15, 0.2) is 5.69 Å². The molecule has 94 valence electrons. The van der Waals surface area contributed by atoms with Gasteiger partial charge in [0, 0.05) is 12.7 Å². The predicted octanol–water partition coefficient (Wildman–Crippen LogP) is 1.09. The van der Waals surface area contributed by atoms with Crippen LogP contribution in [-0.4, -0.2) is 32.6 Å². The van der Waals surface area contributed by atoms with Gasteiger partial charge in [-0.05, 0) is 25.3 Å². The van der Waals surface area contributed by atoms with Crippen LogP contribution in [0.1, 0.15) is 28.7 Å². The van der Waals surface area contributed by atoms with Crippen molar-refractivity contribution in [3.05, 3.63) is 23.1 Å². The molecule has 18 heavy (non-hydrogen) atoms. The summed E-state index contributed by atoms with van der Waals surface area (Å²) in [7, 11) is 1.85. The minimum Gasteiger partial charge on any atom is -0.461 e. The molecule has 0 spiro atoms. The van der Waals surface area contributed by atoms with Gasteiger partial charge in [-0.1, -0.05) is 0 Å². The summed E-state index contributed by atoms with van der Waals surface area (Å²) in [6, 6.07) is 0. The standard InChI is InChI=1S/C12H14N4O2/c1-3-18-12(17)11-9-8(16(2)15-11)5-4-7-6-13-14-10(7)9/h6H,3-5H2,1-2H3,(H,13,14). The van der Waals surface area contributed by atoms with Gasteiger partial charge in [0.2, 0.25) is 0 Å². The molecule has 0 amide bonds. The number of hydrogen-bond donors (Lipinski definition) is 1. The van der Waals surface area contributed by atoms with Gasteiger partial charge in [0.05, 0.1) is 24.1 Å². The maximum Gasteiger partial charge on any atom is 0.359 e. The number of fused-ring (bicyclic) bond motifs is 3. The highest BCUT2D eigenvalue weighted by molar-refractivity contribution is 5.96. The SMILES string of the molecule is CCOC(=O)c1nn(C)c2c1-c1[nH]ncc1CC2. The fourth-order valence-electron chi connectivity index (χ4n) is 2.42. The second kappa shape index (κ2) is 3.97. The van der Waals surface area contributed by atoms with Crippen LogP contribution in [0.15, 0.2) is 6.20 Å². The van der Waals surface area contributed by atoms with E-state index in [9.17, 15) is 4.79 Å². The normalized spacial score (nSPS) is 13.0. The van der Waals surface area contributed by atoms with E-state index in [1.165, 1.54) is 0 Å². The summed E-state index contributed by atoms with van der Waals surface area (Å²) in [6.07, 6.45) is 3.59. The molecule has 0 atom stereocenters. The monoisotopic (exact) mass is 246 g/mol. The fraction of sp³-hybridized carbons (Fsp3) is 0.417. The van der Waals surface area contributed by atoms with Crippen LogP contribution in [0, 0.1) is 0 Å². The maximum absolute atomic E-state index is 11.9. The molecular formula is C12H14N4O2. The van der Waals surface area contributed by atoms with Gasteiger partial charge in [0.1, 0.15) is 0 Å². The van der Waals surface area contributed by atoms with Gasteiger partial charge in [-0.3, -0.25) is 9.78 Å². The molecule has 0 aromatic carbocycles. The number of aromatic amines is 1. The number of nitrogens with one attached hydrogen (secondary N) is 1. The van der Waals surface area contributed by atoms with Gasteiger partial charge in [0.25, 0.3) is 0 Å². The first-order valence-corrected chi connectivity index (χ1v) is 5.98. The van der Waals surface area contributed by atoms with Crippen molar-refractivity contribution < 1.29 is 9.53 Å². The number of esters is 1. The lowest BCUT2D eigenvalue weighted by Gasteiger charge is -2.12. The lowest BCUT2D eigenvalue weighted by atomic mass is 9.94. The number of carbonyl (C=O) groups is 1. The highest BCUT2D eigenvalue weighted by Crippen LogP contribution is 2.34. The largest absolute Gasteiger partial charge is 0.461 e. The zero-order valence-corrected chi connectivity index (χ0v) is 10.4. The average Bonchev–Trinajstić information content (AvgIpc) is 2.93. The van der Waals surface area contributed by atoms with Crippen molar-refractivity contribution >= 4 is 5.97 Å². The van der Waals surface area contributed by atoms with Crippen LogP contribution in [0.2, 0.25) is 0 Å². The van der Waals surface area contributed by atoms with E-state index in [-0.39, 0.29) is 5.97 Å². The number of hydrogen-bond acceptors (Lipinski definition) is 4. The molecule has 6 heteroatoms. The molecule has 0 saturated heterocycles. The number of aryl methyl sites for hydroxylation is 2. The predicted molar refractivity (Wildman–Crippen MR) is 64.2 cm³/mol. The Bertz CT molecular complexity index is 612. The van der Waals surface area contributed by atoms with Crippen LogP contribution < -0.4 is 0 Å². The first-order valence-electron chi connectivity index (χ1n) is 5.98. The first-order chi connectivity index (χ1) is 8.72. The summed E-state index contributed by atoms with van der Waals surface area (Å²) in [5.74, 6) is -0.378. The van der Waals surface area contributed by atoms with Crippen molar-refractivity contribution in [2.24, 2.45) is 7.05 Å². The molecule has 1 aliphatic rings. The number of rotatable bonds is 2. The van der Waals surface area contributed by atoms with Crippen molar-refractivity contribution in [2.45, 2.75) is 19.8 Å². The Morgan fingerprint density at radius 1 is 1.56 bits per heavy atom. The molecule has 1 aliphatic carbocycles.